The molecule has 2 aliphatic carbocycles. The molecule has 0 bridgehead atoms. The summed E-state index contributed by atoms with van der Waals surface area (Å²) in [7, 11) is -7.33. The Bertz CT molecular complexity index is 1790. The van der Waals surface area contributed by atoms with Crippen LogP contribution in [0.25, 0.3) is 5.69 Å². The summed E-state index contributed by atoms with van der Waals surface area (Å²) in [5.41, 5.74) is 20.8. The van der Waals surface area contributed by atoms with Gasteiger partial charge in [0.2, 0.25) is 5.91 Å². The van der Waals surface area contributed by atoms with E-state index in [9.17, 15) is 36.0 Å². The lowest BCUT2D eigenvalue weighted by atomic mass is 9.75. The highest BCUT2D eigenvalue weighted by atomic mass is 32.2. The van der Waals surface area contributed by atoms with Gasteiger partial charge in [-0.25, -0.2) is 4.68 Å². The van der Waals surface area contributed by atoms with Gasteiger partial charge in [-0.3, -0.25) is 28.3 Å². The molecule has 0 spiro atoms. The first-order chi connectivity index (χ1) is 24.4. The molecule has 53 heavy (non-hydrogen) atoms. The SMILES string of the molecule is CS(=O)(=O)O.CS(=O)(=O)O.Cc1nn(-c2ccc(C(N)=O)c(NC3CCC(OC(=O)CCNC(=O)[C@@H](N)CCCN)CC3)c2)c2c1C(=O)CC(C)(C)C2. The fourth-order valence-corrected chi connectivity index (χ4v) is 6.03. The third-order valence-corrected chi connectivity index (χ3v) is 8.25. The first-order valence-electron chi connectivity index (χ1n) is 17.0. The number of carbonyl (C=O) groups excluding carboxylic acids is 4. The topological polar surface area (TPSA) is 306 Å². The molecule has 0 saturated heterocycles. The number of Topliss-reactive ketones (excluding diaryl/α,β-unsaturated/α-hetero) is 1. The number of fused-ring (bicyclic) bond motifs is 1. The molecule has 1 saturated carbocycles. The molecule has 20 heteroatoms. The highest BCUT2D eigenvalue weighted by Crippen LogP contribution is 2.37. The number of hydrogen-bond donors (Lipinski definition) is 7. The van der Waals surface area contributed by atoms with E-state index in [4.69, 9.17) is 36.1 Å². The molecule has 2 aliphatic rings. The van der Waals surface area contributed by atoms with Crippen LogP contribution in [0.4, 0.5) is 5.69 Å². The number of ketones is 1. The number of carbonyl (C=O) groups is 4. The maximum Gasteiger partial charge on any atom is 0.307 e. The number of ether oxygens (including phenoxy) is 1. The Balaban J connectivity index is 0.000000858. The van der Waals surface area contributed by atoms with E-state index in [0.717, 1.165) is 24.2 Å². The van der Waals surface area contributed by atoms with E-state index in [1.54, 1.807) is 12.1 Å². The van der Waals surface area contributed by atoms with Crippen LogP contribution in [-0.4, -0.2) is 103 Å². The van der Waals surface area contributed by atoms with Crippen molar-refractivity contribution < 1.29 is 49.9 Å². The zero-order valence-electron chi connectivity index (χ0n) is 30.8. The van der Waals surface area contributed by atoms with Crippen LogP contribution in [0.15, 0.2) is 18.2 Å². The fraction of sp³-hybridized carbons (Fsp3) is 0.606. The van der Waals surface area contributed by atoms with Crippen molar-refractivity contribution in [3.05, 3.63) is 40.7 Å². The number of rotatable bonds is 12. The quantitative estimate of drug-likeness (QED) is 0.118. The lowest BCUT2D eigenvalue weighted by Gasteiger charge is -2.30. The molecule has 1 atom stereocenters. The molecule has 0 unspecified atom stereocenters. The molecule has 0 aliphatic heterocycles. The molecule has 2 amide bonds. The standard InChI is InChI=1S/C31H45N7O5.2CH4O3S/c1-18-28-25(16-31(2,3)17-26(28)39)38(37-18)20-8-11-22(29(34)41)24(15-20)36-19-6-9-21(10-7-19)43-27(40)12-14-35-30(42)23(33)5-4-13-32;2*1-5(2,3)4/h8,11,15,19,21,23,36H,4-7,9-10,12-14,16-17,32-33H2,1-3H3,(H2,34,41)(H,35,42);2*1H3,(H,2,3,4)/t19?,21?,23-;;/m0../s1. The number of aromatic nitrogens is 2. The molecular formula is C33H53N7O11S2. The second kappa shape index (κ2) is 19.4. The number of esters is 1. The Hall–Kier alpha value is -3.95. The van der Waals surface area contributed by atoms with Crippen molar-refractivity contribution in [1.82, 2.24) is 15.1 Å². The van der Waals surface area contributed by atoms with E-state index in [2.05, 4.69) is 24.5 Å². The first kappa shape index (κ1) is 45.2. The minimum Gasteiger partial charge on any atom is -0.462 e. The largest absolute Gasteiger partial charge is 0.462 e. The molecule has 1 aromatic carbocycles. The van der Waals surface area contributed by atoms with Gasteiger partial charge in [-0.1, -0.05) is 13.8 Å². The van der Waals surface area contributed by atoms with Gasteiger partial charge >= 0.3 is 5.97 Å². The smallest absolute Gasteiger partial charge is 0.307 e. The summed E-state index contributed by atoms with van der Waals surface area (Å²) in [5, 5.41) is 10.9. The summed E-state index contributed by atoms with van der Waals surface area (Å²) >= 11 is 0. The summed E-state index contributed by atoms with van der Waals surface area (Å²) in [6.45, 7) is 6.65. The van der Waals surface area contributed by atoms with E-state index in [-0.39, 0.29) is 48.2 Å². The lowest BCUT2D eigenvalue weighted by Crippen LogP contribution is -2.41. The van der Waals surface area contributed by atoms with E-state index >= 15 is 0 Å². The minimum absolute atomic E-state index is 0.0476. The van der Waals surface area contributed by atoms with Crippen molar-refractivity contribution in [2.45, 2.75) is 96.7 Å². The molecule has 10 N–H and O–H groups in total. The van der Waals surface area contributed by atoms with Crippen LogP contribution >= 0.6 is 0 Å². The van der Waals surface area contributed by atoms with Crippen LogP contribution in [0.3, 0.4) is 0 Å². The Morgan fingerprint density at radius 3 is 2.19 bits per heavy atom. The van der Waals surface area contributed by atoms with Crippen molar-refractivity contribution in [2.24, 2.45) is 22.6 Å². The first-order valence-corrected chi connectivity index (χ1v) is 20.7. The average Bonchev–Trinajstić information content (AvgIpc) is 3.33. The number of nitrogens with zero attached hydrogens (tertiary/aromatic N) is 2. The third kappa shape index (κ3) is 16.3. The van der Waals surface area contributed by atoms with Crippen LogP contribution in [0, 0.1) is 12.3 Å². The fourth-order valence-electron chi connectivity index (χ4n) is 6.03. The average molecular weight is 788 g/mol. The lowest BCUT2D eigenvalue weighted by molar-refractivity contribution is -0.150. The zero-order chi connectivity index (χ0) is 40.3. The number of hydrogen-bond acceptors (Lipinski definition) is 13. The number of nitrogens with two attached hydrogens (primary N) is 3. The molecule has 0 radical (unpaired) electrons. The molecule has 4 rings (SSSR count). The number of nitrogens with one attached hydrogen (secondary N) is 2. The predicted molar refractivity (Wildman–Crippen MR) is 198 cm³/mol. The van der Waals surface area contributed by atoms with Gasteiger partial charge in [0.15, 0.2) is 5.78 Å². The van der Waals surface area contributed by atoms with Crippen LogP contribution in [0.5, 0.6) is 0 Å². The zero-order valence-corrected chi connectivity index (χ0v) is 32.4. The van der Waals surface area contributed by atoms with Crippen LogP contribution in [0.2, 0.25) is 0 Å². The Labute approximate surface area is 310 Å². The van der Waals surface area contributed by atoms with Crippen LogP contribution < -0.4 is 27.8 Å². The minimum atomic E-state index is -3.67. The number of aryl methyl sites for hydroxylation is 1. The summed E-state index contributed by atoms with van der Waals surface area (Å²) in [5.74, 6) is -1.10. The van der Waals surface area contributed by atoms with Gasteiger partial charge in [0.05, 0.1) is 53.2 Å². The van der Waals surface area contributed by atoms with Crippen molar-refractivity contribution in [1.29, 1.82) is 0 Å². The van der Waals surface area contributed by atoms with Crippen molar-refractivity contribution in [3.63, 3.8) is 0 Å². The van der Waals surface area contributed by atoms with Gasteiger partial charge in [-0.05, 0) is 82.0 Å². The second-order valence-electron chi connectivity index (χ2n) is 14.0. The normalized spacial score (nSPS) is 18.5. The van der Waals surface area contributed by atoms with E-state index in [1.807, 2.05) is 17.7 Å². The third-order valence-electron chi connectivity index (χ3n) is 8.25. The molecule has 2 aromatic rings. The van der Waals surface area contributed by atoms with Crippen molar-refractivity contribution in [3.8, 4) is 5.69 Å². The molecule has 18 nitrogen and oxygen atoms in total. The molecule has 1 heterocycles. The number of anilines is 1. The van der Waals surface area contributed by atoms with Gasteiger partial charge in [-0.2, -0.15) is 21.9 Å². The molecule has 1 fully saturated rings. The van der Waals surface area contributed by atoms with Gasteiger partial charge in [0.1, 0.15) is 6.10 Å². The van der Waals surface area contributed by atoms with Gasteiger partial charge < -0.3 is 32.6 Å². The molecular weight excluding hydrogens is 735 g/mol. The summed E-state index contributed by atoms with van der Waals surface area (Å²) in [6, 6.07) is 4.77. The molecule has 298 valence electrons. The Kier molecular flexibility index (Phi) is 16.5. The highest BCUT2D eigenvalue weighted by Gasteiger charge is 2.36. The Morgan fingerprint density at radius 2 is 1.64 bits per heavy atom. The van der Waals surface area contributed by atoms with Gasteiger partial charge in [-0.15, -0.1) is 0 Å². The summed E-state index contributed by atoms with van der Waals surface area (Å²) in [4.78, 5) is 49.5. The monoisotopic (exact) mass is 787 g/mol. The maximum atomic E-state index is 12.9. The van der Waals surface area contributed by atoms with E-state index in [0.29, 0.717) is 80.1 Å². The molecule has 1 aromatic heterocycles. The van der Waals surface area contributed by atoms with Crippen molar-refractivity contribution >= 4 is 49.5 Å². The highest BCUT2D eigenvalue weighted by molar-refractivity contribution is 7.85. The van der Waals surface area contributed by atoms with E-state index in [1.165, 1.54) is 0 Å². The number of benzene rings is 1. The van der Waals surface area contributed by atoms with Gasteiger partial charge in [0.25, 0.3) is 26.1 Å². The summed E-state index contributed by atoms with van der Waals surface area (Å²) in [6.07, 6.45) is 6.43. The van der Waals surface area contributed by atoms with E-state index < -0.39 is 32.2 Å². The van der Waals surface area contributed by atoms with Gasteiger partial charge in [0, 0.05) is 24.7 Å². The number of amides is 2. The number of primary amides is 1. The summed E-state index contributed by atoms with van der Waals surface area (Å²) < 4.78 is 59.2. The van der Waals surface area contributed by atoms with Crippen LogP contribution in [-0.2, 0) is 41.0 Å². The maximum absolute atomic E-state index is 12.9. The van der Waals surface area contributed by atoms with Crippen LogP contribution in [0.1, 0.15) is 97.3 Å². The Morgan fingerprint density at radius 1 is 1.06 bits per heavy atom. The predicted octanol–water partition coefficient (Wildman–Crippen LogP) is 1.28. The van der Waals surface area contributed by atoms with Crippen molar-refractivity contribution in [2.75, 3.05) is 30.9 Å². The second-order valence-corrected chi connectivity index (χ2v) is 16.9.